The summed E-state index contributed by atoms with van der Waals surface area (Å²) in [5.41, 5.74) is 7.27. The van der Waals surface area contributed by atoms with E-state index < -0.39 is 0 Å². The highest BCUT2D eigenvalue weighted by Crippen LogP contribution is 2.25. The van der Waals surface area contributed by atoms with E-state index in [1.807, 2.05) is 13.2 Å². The van der Waals surface area contributed by atoms with E-state index >= 15 is 0 Å². The van der Waals surface area contributed by atoms with Crippen LogP contribution in [0, 0.1) is 13.8 Å². The molecule has 0 aliphatic rings. The number of aromatic nitrogens is 2. The number of hydrogen-bond donors (Lipinski definition) is 1. The monoisotopic (exact) mass is 265 g/mol. The summed E-state index contributed by atoms with van der Waals surface area (Å²) >= 11 is 0. The summed E-state index contributed by atoms with van der Waals surface area (Å²) in [6, 6.07) is 10.8. The Morgan fingerprint density at radius 3 is 2.75 bits per heavy atom. The Kier molecular flexibility index (Phi) is 3.28. The molecule has 0 saturated carbocycles. The minimum atomic E-state index is 0.817. The van der Waals surface area contributed by atoms with Gasteiger partial charge in [-0.1, -0.05) is 23.8 Å². The molecule has 0 bridgehead atoms. The molecule has 102 valence electrons. The van der Waals surface area contributed by atoms with Gasteiger partial charge in [0.25, 0.3) is 0 Å². The number of aryl methyl sites for hydroxylation is 2. The van der Waals surface area contributed by atoms with E-state index in [0.29, 0.717) is 0 Å². The first-order valence-electron chi connectivity index (χ1n) is 6.87. The molecule has 0 aliphatic heterocycles. The predicted molar refractivity (Wildman–Crippen MR) is 82.9 cm³/mol. The minimum Gasteiger partial charge on any atom is -0.314 e. The summed E-state index contributed by atoms with van der Waals surface area (Å²) in [4.78, 5) is 4.43. The number of hydrogen-bond acceptors (Lipinski definition) is 2. The van der Waals surface area contributed by atoms with Crippen LogP contribution in [-0.2, 0) is 6.54 Å². The van der Waals surface area contributed by atoms with Gasteiger partial charge in [-0.15, -0.1) is 0 Å². The molecule has 20 heavy (non-hydrogen) atoms. The van der Waals surface area contributed by atoms with Crippen LogP contribution >= 0.6 is 0 Å². The van der Waals surface area contributed by atoms with Gasteiger partial charge in [-0.2, -0.15) is 0 Å². The molecule has 2 heterocycles. The molecule has 3 rings (SSSR count). The maximum atomic E-state index is 4.43. The number of benzene rings is 1. The van der Waals surface area contributed by atoms with Crippen molar-refractivity contribution in [2.45, 2.75) is 20.4 Å². The van der Waals surface area contributed by atoms with Gasteiger partial charge < -0.3 is 9.72 Å². The molecular weight excluding hydrogens is 246 g/mol. The fourth-order valence-electron chi connectivity index (χ4n) is 2.64. The summed E-state index contributed by atoms with van der Waals surface area (Å²) < 4.78 is 2.16. The normalized spacial score (nSPS) is 11.2. The maximum Gasteiger partial charge on any atom is 0.136 e. The van der Waals surface area contributed by atoms with Gasteiger partial charge in [0, 0.05) is 12.7 Å². The molecule has 1 aromatic carbocycles. The van der Waals surface area contributed by atoms with Gasteiger partial charge in [-0.05, 0) is 49.7 Å². The van der Waals surface area contributed by atoms with Crippen LogP contribution in [0.4, 0.5) is 0 Å². The van der Waals surface area contributed by atoms with E-state index in [9.17, 15) is 0 Å². The number of imidazole rings is 1. The first-order chi connectivity index (χ1) is 9.69. The van der Waals surface area contributed by atoms with Crippen LogP contribution in [0.1, 0.15) is 16.8 Å². The molecular formula is C17H19N3. The highest BCUT2D eigenvalue weighted by Gasteiger charge is 2.06. The van der Waals surface area contributed by atoms with Crippen molar-refractivity contribution < 1.29 is 0 Å². The van der Waals surface area contributed by atoms with Crippen LogP contribution in [0.3, 0.4) is 0 Å². The van der Waals surface area contributed by atoms with Gasteiger partial charge >= 0.3 is 0 Å². The van der Waals surface area contributed by atoms with E-state index in [2.05, 4.69) is 65.1 Å². The zero-order chi connectivity index (χ0) is 14.1. The topological polar surface area (TPSA) is 29.3 Å². The molecule has 0 amide bonds. The fraction of sp³-hybridized carbons (Fsp3) is 0.235. The molecule has 0 aliphatic carbocycles. The van der Waals surface area contributed by atoms with Gasteiger partial charge in [0.05, 0.1) is 11.9 Å². The second-order valence-electron chi connectivity index (χ2n) is 5.24. The fourth-order valence-corrected chi connectivity index (χ4v) is 2.64. The van der Waals surface area contributed by atoms with E-state index in [1.54, 1.807) is 0 Å². The highest BCUT2D eigenvalue weighted by molar-refractivity contribution is 5.68. The molecule has 0 fully saturated rings. The highest BCUT2D eigenvalue weighted by atomic mass is 15.0. The smallest absolute Gasteiger partial charge is 0.136 e. The van der Waals surface area contributed by atoms with Crippen molar-refractivity contribution in [1.29, 1.82) is 0 Å². The minimum absolute atomic E-state index is 0.817. The van der Waals surface area contributed by atoms with Crippen molar-refractivity contribution in [3.8, 4) is 11.1 Å². The van der Waals surface area contributed by atoms with Gasteiger partial charge in [0.15, 0.2) is 0 Å². The van der Waals surface area contributed by atoms with Crippen molar-refractivity contribution in [2.24, 2.45) is 0 Å². The van der Waals surface area contributed by atoms with Crippen molar-refractivity contribution in [2.75, 3.05) is 7.05 Å². The Hall–Kier alpha value is -2.13. The first kappa shape index (κ1) is 12.9. The summed E-state index contributed by atoms with van der Waals surface area (Å²) in [5.74, 6) is 0. The lowest BCUT2D eigenvalue weighted by atomic mass is 10.0. The van der Waals surface area contributed by atoms with Crippen LogP contribution in [0.25, 0.3) is 16.8 Å². The molecule has 3 nitrogen and oxygen atoms in total. The molecule has 0 saturated heterocycles. The van der Waals surface area contributed by atoms with Crippen molar-refractivity contribution in [3.05, 3.63) is 59.5 Å². The zero-order valence-electron chi connectivity index (χ0n) is 12.1. The molecule has 1 N–H and O–H groups in total. The number of rotatable bonds is 3. The maximum absolute atomic E-state index is 4.43. The number of nitrogens with zero attached hydrogens (tertiary/aromatic N) is 2. The van der Waals surface area contributed by atoms with Crippen LogP contribution in [0.5, 0.6) is 0 Å². The molecule has 0 radical (unpaired) electrons. The van der Waals surface area contributed by atoms with Crippen molar-refractivity contribution in [3.63, 3.8) is 0 Å². The third-order valence-corrected chi connectivity index (χ3v) is 3.63. The summed E-state index contributed by atoms with van der Waals surface area (Å²) in [5, 5.41) is 3.18. The SMILES string of the molecule is CNCc1cnc2ccc(-c3ccc(C)cc3C)cn12. The third-order valence-electron chi connectivity index (χ3n) is 3.63. The third kappa shape index (κ3) is 2.21. The summed E-state index contributed by atoms with van der Waals surface area (Å²) in [6.45, 7) is 5.10. The van der Waals surface area contributed by atoms with Crippen LogP contribution < -0.4 is 5.32 Å². The Balaban J connectivity index is 2.14. The zero-order valence-corrected chi connectivity index (χ0v) is 12.1. The van der Waals surface area contributed by atoms with E-state index in [-0.39, 0.29) is 0 Å². The average molecular weight is 265 g/mol. The lowest BCUT2D eigenvalue weighted by Crippen LogP contribution is -2.07. The van der Waals surface area contributed by atoms with Gasteiger partial charge in [-0.3, -0.25) is 0 Å². The standard InChI is InChI=1S/C17H19N3/c1-12-4-6-16(13(2)8-12)14-5-7-17-19-10-15(9-18-3)20(17)11-14/h4-8,10-11,18H,9H2,1-3H3. The van der Waals surface area contributed by atoms with Crippen molar-refractivity contribution >= 4 is 5.65 Å². The second kappa shape index (κ2) is 5.10. The van der Waals surface area contributed by atoms with Gasteiger partial charge in [0.2, 0.25) is 0 Å². The molecule has 0 atom stereocenters. The molecule has 3 aromatic rings. The van der Waals surface area contributed by atoms with Crippen LogP contribution in [-0.4, -0.2) is 16.4 Å². The van der Waals surface area contributed by atoms with Gasteiger partial charge in [-0.25, -0.2) is 4.98 Å². The predicted octanol–water partition coefficient (Wildman–Crippen LogP) is 3.34. The largest absolute Gasteiger partial charge is 0.314 e. The molecule has 0 unspecified atom stereocenters. The summed E-state index contributed by atoms with van der Waals surface area (Å²) in [6.07, 6.45) is 4.10. The Morgan fingerprint density at radius 2 is 2.00 bits per heavy atom. The Bertz CT molecular complexity index is 756. The number of fused-ring (bicyclic) bond motifs is 1. The average Bonchev–Trinajstić information content (AvgIpc) is 2.82. The van der Waals surface area contributed by atoms with E-state index in [4.69, 9.17) is 0 Å². The van der Waals surface area contributed by atoms with E-state index in [1.165, 1.54) is 27.9 Å². The Labute approximate surface area is 119 Å². The Morgan fingerprint density at radius 1 is 1.15 bits per heavy atom. The van der Waals surface area contributed by atoms with E-state index in [0.717, 1.165) is 12.2 Å². The van der Waals surface area contributed by atoms with Crippen LogP contribution in [0.2, 0.25) is 0 Å². The second-order valence-corrected chi connectivity index (χ2v) is 5.24. The molecule has 0 spiro atoms. The number of nitrogens with one attached hydrogen (secondary N) is 1. The van der Waals surface area contributed by atoms with Crippen molar-refractivity contribution in [1.82, 2.24) is 14.7 Å². The molecule has 3 heteroatoms. The quantitative estimate of drug-likeness (QED) is 0.787. The molecule has 2 aromatic heterocycles. The lowest BCUT2D eigenvalue weighted by Gasteiger charge is -2.09. The van der Waals surface area contributed by atoms with Gasteiger partial charge in [0.1, 0.15) is 5.65 Å². The summed E-state index contributed by atoms with van der Waals surface area (Å²) in [7, 11) is 1.95. The first-order valence-corrected chi connectivity index (χ1v) is 6.87. The number of pyridine rings is 1. The lowest BCUT2D eigenvalue weighted by molar-refractivity contribution is 0.782. The van der Waals surface area contributed by atoms with Crippen LogP contribution in [0.15, 0.2) is 42.7 Å².